The van der Waals surface area contributed by atoms with Gasteiger partial charge in [-0.15, -0.1) is 0 Å². The molecule has 1 saturated heterocycles. The van der Waals surface area contributed by atoms with Gasteiger partial charge < -0.3 is 10.2 Å². The van der Waals surface area contributed by atoms with E-state index in [0.717, 1.165) is 30.0 Å². The minimum absolute atomic E-state index is 0.102. The van der Waals surface area contributed by atoms with E-state index >= 15 is 0 Å². The number of carbonyl (C=O) groups is 2. The zero-order valence-corrected chi connectivity index (χ0v) is 18.2. The topological polar surface area (TPSA) is 86.8 Å². The molecule has 7 nitrogen and oxygen atoms in total. The van der Waals surface area contributed by atoms with Crippen LogP contribution in [-0.4, -0.2) is 55.6 Å². The van der Waals surface area contributed by atoms with Gasteiger partial charge in [0.25, 0.3) is 0 Å². The monoisotopic (exact) mass is 421 g/mol. The summed E-state index contributed by atoms with van der Waals surface area (Å²) in [5.41, 5.74) is 0.529. The number of sulfonamides is 1. The van der Waals surface area contributed by atoms with E-state index in [-0.39, 0.29) is 29.3 Å². The number of likely N-dealkylation sites (N-methyl/N-ethyl adjacent to an activating group) is 1. The molecule has 1 aliphatic heterocycles. The fourth-order valence-electron chi connectivity index (χ4n) is 4.68. The molecule has 3 atom stereocenters. The smallest absolute Gasteiger partial charge is 0.243 e. The molecule has 1 aromatic rings. The van der Waals surface area contributed by atoms with Crippen molar-refractivity contribution in [1.82, 2.24) is 9.21 Å². The molecule has 0 unspecified atom stereocenters. The van der Waals surface area contributed by atoms with Gasteiger partial charge in [0.15, 0.2) is 0 Å². The standard InChI is InChI=1S/C21H31N3O4S/c1-15-12-13-24(20-7-5-4-6-19(15)20)21(26)14-23(3)29(27,28)18-10-8-17(9-11-18)22-16(2)25/h8-11,15,19-20H,4-7,12-14H2,1-3H3,(H,22,25)/t15-,19+,20-/m0/s1. The van der Waals surface area contributed by atoms with Gasteiger partial charge in [0.05, 0.1) is 11.4 Å². The average molecular weight is 422 g/mol. The summed E-state index contributed by atoms with van der Waals surface area (Å²) in [5, 5.41) is 2.61. The van der Waals surface area contributed by atoms with Crippen molar-refractivity contribution in [3.63, 3.8) is 0 Å². The van der Waals surface area contributed by atoms with E-state index in [2.05, 4.69) is 12.2 Å². The van der Waals surface area contributed by atoms with Crippen LogP contribution in [0.1, 0.15) is 46.0 Å². The number of carbonyl (C=O) groups excluding carboxylic acids is 2. The van der Waals surface area contributed by atoms with Crippen molar-refractivity contribution in [1.29, 1.82) is 0 Å². The summed E-state index contributed by atoms with van der Waals surface area (Å²) in [4.78, 5) is 26.1. The fourth-order valence-corrected chi connectivity index (χ4v) is 5.80. The zero-order chi connectivity index (χ0) is 21.2. The Morgan fingerprint density at radius 2 is 1.79 bits per heavy atom. The molecule has 0 radical (unpaired) electrons. The third kappa shape index (κ3) is 4.80. The molecule has 1 aliphatic carbocycles. The van der Waals surface area contributed by atoms with Crippen molar-refractivity contribution in [2.45, 2.75) is 56.9 Å². The number of nitrogens with zero attached hydrogens (tertiary/aromatic N) is 2. The number of hydrogen-bond donors (Lipinski definition) is 1. The van der Waals surface area contributed by atoms with Crippen LogP contribution in [0.25, 0.3) is 0 Å². The second-order valence-corrected chi connectivity index (χ2v) is 10.4. The minimum Gasteiger partial charge on any atom is -0.338 e. The SMILES string of the molecule is CC(=O)Nc1ccc(S(=O)(=O)N(C)CC(=O)N2CC[C@H](C)[C@H]3CCCC[C@@H]32)cc1. The van der Waals surface area contributed by atoms with Crippen LogP contribution in [0.15, 0.2) is 29.2 Å². The zero-order valence-electron chi connectivity index (χ0n) is 17.4. The van der Waals surface area contributed by atoms with Crippen molar-refractivity contribution in [3.8, 4) is 0 Å². The Balaban J connectivity index is 1.68. The highest BCUT2D eigenvalue weighted by atomic mass is 32.2. The van der Waals surface area contributed by atoms with E-state index in [4.69, 9.17) is 0 Å². The van der Waals surface area contributed by atoms with Gasteiger partial charge in [-0.3, -0.25) is 9.59 Å². The van der Waals surface area contributed by atoms with E-state index in [0.29, 0.717) is 24.1 Å². The van der Waals surface area contributed by atoms with E-state index in [1.54, 1.807) is 12.1 Å². The number of rotatable bonds is 5. The Morgan fingerprint density at radius 1 is 1.14 bits per heavy atom. The van der Waals surface area contributed by atoms with Crippen molar-refractivity contribution >= 4 is 27.5 Å². The highest BCUT2D eigenvalue weighted by molar-refractivity contribution is 7.89. The first-order chi connectivity index (χ1) is 13.7. The number of likely N-dealkylation sites (tertiary alicyclic amines) is 1. The number of amides is 2. The van der Waals surface area contributed by atoms with Gasteiger partial charge in [0, 0.05) is 32.2 Å². The largest absolute Gasteiger partial charge is 0.338 e. The van der Waals surface area contributed by atoms with Gasteiger partial charge in [-0.05, 0) is 55.4 Å². The molecule has 2 aliphatic rings. The summed E-state index contributed by atoms with van der Waals surface area (Å²) in [5.74, 6) is 0.813. The van der Waals surface area contributed by atoms with Gasteiger partial charge in [0.2, 0.25) is 21.8 Å². The summed E-state index contributed by atoms with van der Waals surface area (Å²) in [6, 6.07) is 6.22. The van der Waals surface area contributed by atoms with Gasteiger partial charge in [-0.1, -0.05) is 19.8 Å². The molecule has 1 saturated carbocycles. The number of fused-ring (bicyclic) bond motifs is 1. The lowest BCUT2D eigenvalue weighted by molar-refractivity contribution is -0.139. The van der Waals surface area contributed by atoms with Crippen LogP contribution in [0.5, 0.6) is 0 Å². The lowest BCUT2D eigenvalue weighted by Gasteiger charge is -2.47. The molecule has 0 bridgehead atoms. The van der Waals surface area contributed by atoms with Crippen molar-refractivity contribution in [2.24, 2.45) is 11.8 Å². The molecule has 0 spiro atoms. The summed E-state index contributed by atoms with van der Waals surface area (Å²) < 4.78 is 26.9. The van der Waals surface area contributed by atoms with Gasteiger partial charge in [0.1, 0.15) is 0 Å². The molecule has 0 aromatic heterocycles. The second-order valence-electron chi connectivity index (χ2n) is 8.34. The normalized spacial score (nSPS) is 24.8. The van der Waals surface area contributed by atoms with Crippen LogP contribution in [-0.2, 0) is 19.6 Å². The third-order valence-corrected chi connectivity index (χ3v) is 8.12. The lowest BCUT2D eigenvalue weighted by atomic mass is 9.72. The fraction of sp³-hybridized carbons (Fsp3) is 0.619. The molecular weight excluding hydrogens is 390 g/mol. The molecular formula is C21H31N3O4S. The highest BCUT2D eigenvalue weighted by Gasteiger charge is 2.40. The Kier molecular flexibility index (Phi) is 6.63. The minimum atomic E-state index is -3.78. The van der Waals surface area contributed by atoms with Crippen LogP contribution < -0.4 is 5.32 Å². The molecule has 160 valence electrons. The maximum atomic E-state index is 13.0. The van der Waals surface area contributed by atoms with Crippen molar-refractivity contribution in [2.75, 3.05) is 25.5 Å². The van der Waals surface area contributed by atoms with Crippen molar-refractivity contribution < 1.29 is 18.0 Å². The van der Waals surface area contributed by atoms with Gasteiger partial charge in [-0.25, -0.2) is 8.42 Å². The number of anilines is 1. The van der Waals surface area contributed by atoms with Crippen molar-refractivity contribution in [3.05, 3.63) is 24.3 Å². The lowest BCUT2D eigenvalue weighted by Crippen LogP contribution is -2.54. The third-order valence-electron chi connectivity index (χ3n) is 6.30. The molecule has 3 rings (SSSR count). The first-order valence-corrected chi connectivity index (χ1v) is 11.8. The number of hydrogen-bond acceptors (Lipinski definition) is 4. The summed E-state index contributed by atoms with van der Waals surface area (Å²) in [6.45, 7) is 4.21. The Labute approximate surface area is 173 Å². The Morgan fingerprint density at radius 3 is 2.45 bits per heavy atom. The molecule has 29 heavy (non-hydrogen) atoms. The first-order valence-electron chi connectivity index (χ1n) is 10.3. The average Bonchev–Trinajstić information content (AvgIpc) is 2.68. The molecule has 2 amide bonds. The maximum Gasteiger partial charge on any atom is 0.243 e. The van der Waals surface area contributed by atoms with Crippen LogP contribution in [0.3, 0.4) is 0 Å². The number of piperidine rings is 1. The van der Waals surface area contributed by atoms with E-state index in [9.17, 15) is 18.0 Å². The highest BCUT2D eigenvalue weighted by Crippen LogP contribution is 2.38. The second kappa shape index (κ2) is 8.83. The number of benzene rings is 1. The summed E-state index contributed by atoms with van der Waals surface area (Å²) in [7, 11) is -2.34. The summed E-state index contributed by atoms with van der Waals surface area (Å²) in [6.07, 6.45) is 5.50. The predicted molar refractivity (Wildman–Crippen MR) is 112 cm³/mol. The Hall–Kier alpha value is -1.93. The van der Waals surface area contributed by atoms with Crippen LogP contribution >= 0.6 is 0 Å². The van der Waals surface area contributed by atoms with E-state index in [1.807, 2.05) is 4.90 Å². The first kappa shape index (κ1) is 21.8. The molecule has 1 N–H and O–H groups in total. The quantitative estimate of drug-likeness (QED) is 0.792. The summed E-state index contributed by atoms with van der Waals surface area (Å²) >= 11 is 0. The van der Waals surface area contributed by atoms with E-state index in [1.165, 1.54) is 32.5 Å². The molecule has 1 aromatic carbocycles. The van der Waals surface area contributed by atoms with Crippen LogP contribution in [0, 0.1) is 11.8 Å². The number of nitrogens with one attached hydrogen (secondary N) is 1. The van der Waals surface area contributed by atoms with Crippen LogP contribution in [0.4, 0.5) is 5.69 Å². The molecule has 8 heteroatoms. The van der Waals surface area contributed by atoms with E-state index < -0.39 is 10.0 Å². The van der Waals surface area contributed by atoms with Gasteiger partial charge >= 0.3 is 0 Å². The molecule has 2 fully saturated rings. The van der Waals surface area contributed by atoms with Gasteiger partial charge in [-0.2, -0.15) is 4.31 Å². The predicted octanol–water partition coefficient (Wildman–Crippen LogP) is 2.69. The molecule has 1 heterocycles. The Bertz CT molecular complexity index is 853. The van der Waals surface area contributed by atoms with Crippen LogP contribution in [0.2, 0.25) is 0 Å². The maximum absolute atomic E-state index is 13.0.